The molecule has 29 heavy (non-hydrogen) atoms. The van der Waals surface area contributed by atoms with Crippen LogP contribution in [0.4, 0.5) is 4.39 Å². The number of benzene rings is 1. The number of amides is 2. The lowest BCUT2D eigenvalue weighted by atomic mass is 10.2. The Bertz CT molecular complexity index is 817. The van der Waals surface area contributed by atoms with Crippen LogP contribution in [0.25, 0.3) is 0 Å². The second-order valence-electron chi connectivity index (χ2n) is 7.07. The molecule has 0 fully saturated rings. The van der Waals surface area contributed by atoms with Gasteiger partial charge in [-0.15, -0.1) is 17.9 Å². The zero-order chi connectivity index (χ0) is 21.2. The van der Waals surface area contributed by atoms with Gasteiger partial charge < -0.3 is 9.80 Å². The fraction of sp³-hybridized carbons (Fsp3) is 0.391. The molecule has 1 aromatic heterocycles. The maximum absolute atomic E-state index is 13.3. The van der Waals surface area contributed by atoms with Crippen molar-refractivity contribution >= 4 is 23.2 Å². The van der Waals surface area contributed by atoms with Crippen LogP contribution in [0.3, 0.4) is 0 Å². The molecule has 0 aliphatic heterocycles. The van der Waals surface area contributed by atoms with Crippen molar-refractivity contribution in [2.24, 2.45) is 0 Å². The van der Waals surface area contributed by atoms with Crippen LogP contribution in [0, 0.1) is 12.7 Å². The van der Waals surface area contributed by atoms with Crippen molar-refractivity contribution in [3.05, 3.63) is 70.2 Å². The van der Waals surface area contributed by atoms with E-state index in [1.165, 1.54) is 12.1 Å². The van der Waals surface area contributed by atoms with E-state index in [-0.39, 0.29) is 24.2 Å². The molecule has 6 heteroatoms. The van der Waals surface area contributed by atoms with Gasteiger partial charge in [-0.25, -0.2) is 4.39 Å². The van der Waals surface area contributed by atoms with Gasteiger partial charge in [0.05, 0.1) is 6.54 Å². The van der Waals surface area contributed by atoms with E-state index in [0.717, 1.165) is 28.8 Å². The van der Waals surface area contributed by atoms with Gasteiger partial charge in [-0.05, 0) is 48.1 Å². The van der Waals surface area contributed by atoms with Crippen molar-refractivity contribution < 1.29 is 14.0 Å². The smallest absolute Gasteiger partial charge is 0.242 e. The highest BCUT2D eigenvalue weighted by molar-refractivity contribution is 7.10. The third kappa shape index (κ3) is 7.13. The van der Waals surface area contributed by atoms with Crippen molar-refractivity contribution in [3.8, 4) is 0 Å². The topological polar surface area (TPSA) is 40.6 Å². The Labute approximate surface area is 176 Å². The first-order chi connectivity index (χ1) is 13.9. The van der Waals surface area contributed by atoms with Crippen molar-refractivity contribution in [2.75, 3.05) is 13.1 Å². The third-order valence-corrected chi connectivity index (χ3v) is 5.72. The number of halogens is 1. The van der Waals surface area contributed by atoms with E-state index in [9.17, 15) is 14.0 Å². The van der Waals surface area contributed by atoms with Crippen molar-refractivity contribution in [3.63, 3.8) is 0 Å². The summed E-state index contributed by atoms with van der Waals surface area (Å²) in [6.45, 7) is 8.95. The van der Waals surface area contributed by atoms with E-state index < -0.39 is 0 Å². The molecule has 0 bridgehead atoms. The van der Waals surface area contributed by atoms with Crippen molar-refractivity contribution in [2.45, 2.75) is 46.2 Å². The van der Waals surface area contributed by atoms with Gasteiger partial charge in [-0.1, -0.05) is 31.6 Å². The number of nitrogens with zero attached hydrogens (tertiary/aromatic N) is 2. The highest BCUT2D eigenvalue weighted by Crippen LogP contribution is 2.20. The lowest BCUT2D eigenvalue weighted by Crippen LogP contribution is -2.42. The predicted octanol–water partition coefficient (Wildman–Crippen LogP) is 4.93. The summed E-state index contributed by atoms with van der Waals surface area (Å²) in [5, 5.41) is 2.00. The molecule has 0 aliphatic rings. The number of hydrogen-bond acceptors (Lipinski definition) is 3. The molecule has 0 atom stereocenters. The molecule has 0 aliphatic carbocycles. The molecule has 0 N–H and O–H groups in total. The van der Waals surface area contributed by atoms with E-state index in [1.807, 2.05) is 25.3 Å². The molecule has 1 aromatic carbocycles. The summed E-state index contributed by atoms with van der Waals surface area (Å²) >= 11 is 1.60. The van der Waals surface area contributed by atoms with Crippen LogP contribution < -0.4 is 0 Å². The number of rotatable bonds is 11. The third-order valence-electron chi connectivity index (χ3n) is 4.71. The van der Waals surface area contributed by atoms with E-state index in [4.69, 9.17) is 0 Å². The number of carbonyl (C=O) groups excluding carboxylic acids is 2. The fourth-order valence-electron chi connectivity index (χ4n) is 2.94. The molecule has 0 saturated carbocycles. The quantitative estimate of drug-likeness (QED) is 0.487. The largest absolute Gasteiger partial charge is 0.332 e. The van der Waals surface area contributed by atoms with Crippen LogP contribution in [0.2, 0.25) is 0 Å². The van der Waals surface area contributed by atoms with Crippen molar-refractivity contribution in [1.29, 1.82) is 0 Å². The minimum Gasteiger partial charge on any atom is -0.332 e. The van der Waals surface area contributed by atoms with Gasteiger partial charge in [-0.2, -0.15) is 0 Å². The van der Waals surface area contributed by atoms with Gasteiger partial charge >= 0.3 is 0 Å². The highest BCUT2D eigenvalue weighted by atomic mass is 32.1. The minimum atomic E-state index is -0.306. The molecule has 156 valence electrons. The summed E-state index contributed by atoms with van der Waals surface area (Å²) in [6.07, 6.45) is 3.80. The van der Waals surface area contributed by atoms with Gasteiger partial charge in [-0.3, -0.25) is 9.59 Å². The monoisotopic (exact) mass is 416 g/mol. The van der Waals surface area contributed by atoms with Crippen LogP contribution in [-0.4, -0.2) is 34.7 Å². The molecule has 4 nitrogen and oxygen atoms in total. The lowest BCUT2D eigenvalue weighted by molar-refractivity contribution is -0.140. The summed E-state index contributed by atoms with van der Waals surface area (Å²) in [5.41, 5.74) is 1.98. The van der Waals surface area contributed by atoms with E-state index in [1.54, 1.807) is 39.3 Å². The molecule has 2 amide bonds. The second kappa shape index (κ2) is 11.5. The molecule has 0 unspecified atom stereocenters. The SMILES string of the molecule is C=CCN(CC(=O)N(Cc1ccc(F)cc1)Cc1sccc1C)C(=O)CCCC. The van der Waals surface area contributed by atoms with Crippen LogP contribution in [0.1, 0.15) is 42.2 Å². The molecule has 2 aromatic rings. The first-order valence-corrected chi connectivity index (χ1v) is 10.8. The zero-order valence-corrected chi connectivity index (χ0v) is 18.0. The zero-order valence-electron chi connectivity index (χ0n) is 17.2. The second-order valence-corrected chi connectivity index (χ2v) is 8.07. The Morgan fingerprint density at radius 3 is 2.41 bits per heavy atom. The van der Waals surface area contributed by atoms with E-state index in [2.05, 4.69) is 6.58 Å². The summed E-state index contributed by atoms with van der Waals surface area (Å²) in [6, 6.07) is 8.19. The molecule has 1 heterocycles. The number of carbonyl (C=O) groups is 2. The summed E-state index contributed by atoms with van der Waals surface area (Å²) in [5.74, 6) is -0.470. The fourth-order valence-corrected chi connectivity index (χ4v) is 3.86. The minimum absolute atomic E-state index is 0.0141. The van der Waals surface area contributed by atoms with Gasteiger partial charge in [0, 0.05) is 24.4 Å². The Kier molecular flexibility index (Phi) is 9.06. The molecular weight excluding hydrogens is 387 g/mol. The average Bonchev–Trinajstić information content (AvgIpc) is 3.11. The van der Waals surface area contributed by atoms with Gasteiger partial charge in [0.1, 0.15) is 12.4 Å². The van der Waals surface area contributed by atoms with E-state index >= 15 is 0 Å². The molecule has 0 spiro atoms. The first kappa shape index (κ1) is 22.8. The van der Waals surface area contributed by atoms with E-state index in [0.29, 0.717) is 26.1 Å². The normalized spacial score (nSPS) is 10.6. The van der Waals surface area contributed by atoms with Crippen LogP contribution >= 0.6 is 11.3 Å². The summed E-state index contributed by atoms with van der Waals surface area (Å²) in [7, 11) is 0. The lowest BCUT2D eigenvalue weighted by Gasteiger charge is -2.27. The Morgan fingerprint density at radius 2 is 1.83 bits per heavy atom. The van der Waals surface area contributed by atoms with Crippen LogP contribution in [0.5, 0.6) is 0 Å². The highest BCUT2D eigenvalue weighted by Gasteiger charge is 2.21. The maximum atomic E-state index is 13.3. The Morgan fingerprint density at radius 1 is 1.10 bits per heavy atom. The number of unbranched alkanes of at least 4 members (excludes halogenated alkanes) is 1. The maximum Gasteiger partial charge on any atom is 0.242 e. The van der Waals surface area contributed by atoms with Crippen molar-refractivity contribution in [1.82, 2.24) is 9.80 Å². The van der Waals surface area contributed by atoms with Gasteiger partial charge in [0.25, 0.3) is 0 Å². The predicted molar refractivity (Wildman–Crippen MR) is 116 cm³/mol. The van der Waals surface area contributed by atoms with Gasteiger partial charge in [0.2, 0.25) is 11.8 Å². The summed E-state index contributed by atoms with van der Waals surface area (Å²) in [4.78, 5) is 30.0. The average molecular weight is 417 g/mol. The number of thiophene rings is 1. The number of hydrogen-bond donors (Lipinski definition) is 0. The standard InChI is InChI=1S/C23H29FN2O2S/c1-4-6-7-22(27)25(13-5-2)17-23(28)26(16-21-18(3)12-14-29-21)15-19-8-10-20(24)11-9-19/h5,8-12,14H,2,4,6-7,13,15-17H2,1,3H3. The molecule has 0 radical (unpaired) electrons. The Balaban J connectivity index is 2.17. The Hall–Kier alpha value is -2.47. The van der Waals surface area contributed by atoms with Crippen LogP contribution in [-0.2, 0) is 22.7 Å². The summed E-state index contributed by atoms with van der Waals surface area (Å²) < 4.78 is 13.3. The number of aryl methyl sites for hydroxylation is 1. The first-order valence-electron chi connectivity index (χ1n) is 9.88. The molecule has 2 rings (SSSR count). The molecule has 0 saturated heterocycles. The van der Waals surface area contributed by atoms with Gasteiger partial charge in [0.15, 0.2) is 0 Å². The molecular formula is C23H29FN2O2S. The van der Waals surface area contributed by atoms with Crippen LogP contribution in [0.15, 0.2) is 48.4 Å².